The molecule has 0 aromatic heterocycles. The van der Waals surface area contributed by atoms with Gasteiger partial charge in [-0.25, -0.2) is 0 Å². The Morgan fingerprint density at radius 3 is 2.29 bits per heavy atom. The molecule has 0 spiro atoms. The Kier molecular flexibility index (Phi) is 1.42. The van der Waals surface area contributed by atoms with Gasteiger partial charge in [-0.15, -0.1) is 0 Å². The predicted octanol–water partition coefficient (Wildman–Crippen LogP) is 0.0528. The van der Waals surface area contributed by atoms with E-state index < -0.39 is 0 Å². The lowest BCUT2D eigenvalue weighted by molar-refractivity contribution is -0.107. The summed E-state index contributed by atoms with van der Waals surface area (Å²) < 4.78 is 0. The molecule has 2 heteroatoms. The maximum atomic E-state index is 9.71. The molecule has 1 aliphatic heterocycles. The third-order valence-electron chi connectivity index (χ3n) is 1.16. The Hall–Kier alpha value is -0.370. The highest BCUT2D eigenvalue weighted by molar-refractivity contribution is 5.60. The van der Waals surface area contributed by atoms with Crippen molar-refractivity contribution in [1.82, 2.24) is 4.90 Å². The third-order valence-corrected chi connectivity index (χ3v) is 1.16. The Morgan fingerprint density at radius 1 is 1.43 bits per heavy atom. The Morgan fingerprint density at radius 2 is 2.14 bits per heavy atom. The van der Waals surface area contributed by atoms with Crippen molar-refractivity contribution in [3.63, 3.8) is 0 Å². The van der Waals surface area contributed by atoms with Crippen molar-refractivity contribution < 1.29 is 4.79 Å². The van der Waals surface area contributed by atoms with Gasteiger partial charge >= 0.3 is 0 Å². The first kappa shape index (κ1) is 4.78. The van der Waals surface area contributed by atoms with Crippen molar-refractivity contribution in [2.75, 3.05) is 13.1 Å². The van der Waals surface area contributed by atoms with E-state index in [1.807, 2.05) is 4.90 Å². The summed E-state index contributed by atoms with van der Waals surface area (Å²) >= 11 is 0. The van der Waals surface area contributed by atoms with E-state index in [-0.39, 0.29) is 0 Å². The highest BCUT2D eigenvalue weighted by Crippen LogP contribution is 2.04. The zero-order chi connectivity index (χ0) is 5.11. The van der Waals surface area contributed by atoms with E-state index in [1.165, 1.54) is 6.42 Å². The Labute approximate surface area is 43.1 Å². The van der Waals surface area contributed by atoms with E-state index in [9.17, 15) is 4.79 Å². The standard InChI is InChI=1S/C5H8NO/c7-5-4-6-2-1-3-6/h4-5H,1-3H2. The summed E-state index contributed by atoms with van der Waals surface area (Å²) in [6.45, 7) is 3.72. The normalized spacial score (nSPS) is 21.1. The molecule has 0 aromatic carbocycles. The summed E-state index contributed by atoms with van der Waals surface area (Å²) in [4.78, 5) is 11.7. The van der Waals surface area contributed by atoms with Gasteiger partial charge in [0.25, 0.3) is 0 Å². The summed E-state index contributed by atoms with van der Waals surface area (Å²) in [6, 6.07) is 0. The van der Waals surface area contributed by atoms with Crippen LogP contribution in [-0.4, -0.2) is 24.3 Å². The first-order valence-electron chi connectivity index (χ1n) is 2.46. The molecule has 7 heavy (non-hydrogen) atoms. The molecule has 0 aromatic rings. The summed E-state index contributed by atoms with van der Waals surface area (Å²) in [5, 5.41) is 0. The average Bonchev–Trinajstić information content (AvgIpc) is 1.55. The molecular weight excluding hydrogens is 90.1 g/mol. The summed E-state index contributed by atoms with van der Waals surface area (Å²) in [7, 11) is 0. The molecule has 1 saturated heterocycles. The number of likely N-dealkylation sites (tertiary alicyclic amines) is 1. The molecule has 0 atom stereocenters. The van der Waals surface area contributed by atoms with E-state index in [2.05, 4.69) is 0 Å². The smallest absolute Gasteiger partial charge is 0.139 e. The van der Waals surface area contributed by atoms with Crippen LogP contribution in [0.1, 0.15) is 6.42 Å². The molecule has 0 saturated carbocycles. The number of rotatable bonds is 2. The van der Waals surface area contributed by atoms with Gasteiger partial charge in [0.1, 0.15) is 6.29 Å². The topological polar surface area (TPSA) is 20.3 Å². The zero-order valence-corrected chi connectivity index (χ0v) is 4.13. The minimum absolute atomic E-state index is 0.832. The molecule has 0 unspecified atom stereocenters. The maximum Gasteiger partial charge on any atom is 0.139 e. The van der Waals surface area contributed by atoms with Crippen LogP contribution >= 0.6 is 0 Å². The molecule has 0 aliphatic carbocycles. The Balaban J connectivity index is 2.03. The van der Waals surface area contributed by atoms with Crippen molar-refractivity contribution in [2.24, 2.45) is 0 Å². The second-order valence-electron chi connectivity index (χ2n) is 1.67. The first-order chi connectivity index (χ1) is 3.43. The Bertz CT molecular complexity index is 68.5. The van der Waals surface area contributed by atoms with Gasteiger partial charge in [0.15, 0.2) is 0 Å². The zero-order valence-electron chi connectivity index (χ0n) is 4.13. The lowest BCUT2D eigenvalue weighted by Gasteiger charge is -2.27. The summed E-state index contributed by atoms with van der Waals surface area (Å²) in [6.07, 6.45) is 2.07. The van der Waals surface area contributed by atoms with Crippen LogP contribution in [0.25, 0.3) is 0 Å². The van der Waals surface area contributed by atoms with Crippen LogP contribution in [0.4, 0.5) is 0 Å². The van der Waals surface area contributed by atoms with Gasteiger partial charge in [-0.2, -0.15) is 0 Å². The number of hydrogen-bond acceptors (Lipinski definition) is 2. The first-order valence-corrected chi connectivity index (χ1v) is 2.46. The lowest BCUT2D eigenvalue weighted by atomic mass is 10.2. The number of carbonyl (C=O) groups is 1. The fraction of sp³-hybridized carbons (Fsp3) is 0.600. The van der Waals surface area contributed by atoms with Crippen molar-refractivity contribution in [3.8, 4) is 0 Å². The second-order valence-corrected chi connectivity index (χ2v) is 1.67. The monoisotopic (exact) mass is 98.1 g/mol. The van der Waals surface area contributed by atoms with Crippen LogP contribution in [0, 0.1) is 6.54 Å². The van der Waals surface area contributed by atoms with Crippen molar-refractivity contribution in [2.45, 2.75) is 6.42 Å². The second kappa shape index (κ2) is 2.07. The van der Waals surface area contributed by atoms with Crippen LogP contribution in [0.3, 0.4) is 0 Å². The molecule has 0 bridgehead atoms. The molecule has 1 rings (SSSR count). The molecule has 0 N–H and O–H groups in total. The van der Waals surface area contributed by atoms with E-state index >= 15 is 0 Å². The van der Waals surface area contributed by atoms with Crippen LogP contribution < -0.4 is 0 Å². The van der Waals surface area contributed by atoms with E-state index in [0.717, 1.165) is 19.4 Å². The van der Waals surface area contributed by atoms with Crippen LogP contribution in [0.5, 0.6) is 0 Å². The van der Waals surface area contributed by atoms with Gasteiger partial charge in [0.05, 0.1) is 6.54 Å². The highest BCUT2D eigenvalue weighted by Gasteiger charge is 2.11. The quantitative estimate of drug-likeness (QED) is 0.455. The van der Waals surface area contributed by atoms with Gasteiger partial charge in [-0.3, -0.25) is 4.90 Å². The van der Waals surface area contributed by atoms with Crippen molar-refractivity contribution >= 4 is 6.29 Å². The minimum Gasteiger partial charge on any atom is -0.302 e. The van der Waals surface area contributed by atoms with Gasteiger partial charge in [-0.1, -0.05) is 0 Å². The van der Waals surface area contributed by atoms with Crippen LogP contribution in [0.2, 0.25) is 0 Å². The average molecular weight is 98.1 g/mol. The number of hydrogen-bond donors (Lipinski definition) is 0. The molecule has 39 valence electrons. The number of aldehydes is 1. The molecule has 1 aliphatic rings. The predicted molar refractivity (Wildman–Crippen MR) is 26.6 cm³/mol. The maximum absolute atomic E-state index is 9.71. The molecule has 1 fully saturated rings. The molecule has 2 nitrogen and oxygen atoms in total. The van der Waals surface area contributed by atoms with Crippen LogP contribution in [0.15, 0.2) is 0 Å². The van der Waals surface area contributed by atoms with E-state index in [0.29, 0.717) is 0 Å². The van der Waals surface area contributed by atoms with E-state index in [1.54, 1.807) is 6.54 Å². The highest BCUT2D eigenvalue weighted by atomic mass is 16.1. The molecule has 1 heterocycles. The summed E-state index contributed by atoms with van der Waals surface area (Å²) in [5.41, 5.74) is 0. The minimum atomic E-state index is 0.832. The fourth-order valence-corrected chi connectivity index (χ4v) is 0.576. The van der Waals surface area contributed by atoms with Gasteiger partial charge < -0.3 is 4.79 Å². The van der Waals surface area contributed by atoms with Crippen molar-refractivity contribution in [1.29, 1.82) is 0 Å². The summed E-state index contributed by atoms with van der Waals surface area (Å²) in [5.74, 6) is 0. The SMILES string of the molecule is O=C[CH]N1CCC1. The van der Waals surface area contributed by atoms with Gasteiger partial charge in [0, 0.05) is 13.1 Å². The largest absolute Gasteiger partial charge is 0.302 e. The molecular formula is C5H8NO. The van der Waals surface area contributed by atoms with Crippen LogP contribution in [-0.2, 0) is 4.79 Å². The lowest BCUT2D eigenvalue weighted by Crippen LogP contribution is -2.34. The molecule has 1 radical (unpaired) electrons. The fourth-order valence-electron chi connectivity index (χ4n) is 0.576. The number of carbonyl (C=O) groups excluding carboxylic acids is 1. The van der Waals surface area contributed by atoms with Gasteiger partial charge in [-0.05, 0) is 6.42 Å². The van der Waals surface area contributed by atoms with Gasteiger partial charge in [0.2, 0.25) is 0 Å². The molecule has 0 amide bonds. The van der Waals surface area contributed by atoms with E-state index in [4.69, 9.17) is 0 Å². The third kappa shape index (κ3) is 0.996. The number of nitrogens with zero attached hydrogens (tertiary/aromatic N) is 1. The van der Waals surface area contributed by atoms with Crippen molar-refractivity contribution in [3.05, 3.63) is 6.54 Å².